The first-order valence-electron chi connectivity index (χ1n) is 7.31. The highest BCUT2D eigenvalue weighted by molar-refractivity contribution is 9.10. The number of rotatable bonds is 4. The van der Waals surface area contributed by atoms with E-state index in [1.54, 1.807) is 18.1 Å². The quantitative estimate of drug-likeness (QED) is 0.732. The zero-order valence-corrected chi connectivity index (χ0v) is 14.6. The van der Waals surface area contributed by atoms with Crippen molar-refractivity contribution < 1.29 is 4.79 Å². The van der Waals surface area contributed by atoms with Gasteiger partial charge in [-0.15, -0.1) is 0 Å². The third-order valence-electron chi connectivity index (χ3n) is 3.42. The SMILES string of the molecule is CN(C(=O)c1cnc(Nc2cccc(Br)c2)cn1)c1ccccc1. The van der Waals surface area contributed by atoms with Crippen LogP contribution in [0.15, 0.2) is 71.5 Å². The van der Waals surface area contributed by atoms with E-state index in [4.69, 9.17) is 0 Å². The van der Waals surface area contributed by atoms with Gasteiger partial charge in [0.25, 0.3) is 5.91 Å². The maximum atomic E-state index is 12.5. The average molecular weight is 383 g/mol. The fraction of sp³-hybridized carbons (Fsp3) is 0.0556. The van der Waals surface area contributed by atoms with Gasteiger partial charge >= 0.3 is 0 Å². The summed E-state index contributed by atoms with van der Waals surface area (Å²) in [6, 6.07) is 17.1. The molecular weight excluding hydrogens is 368 g/mol. The van der Waals surface area contributed by atoms with Gasteiger partial charge in [-0.25, -0.2) is 9.97 Å². The highest BCUT2D eigenvalue weighted by Crippen LogP contribution is 2.19. The Hall–Kier alpha value is -2.73. The number of halogens is 1. The molecule has 0 spiro atoms. The standard InChI is InChI=1S/C18H15BrN4O/c1-23(15-8-3-2-4-9-15)18(24)16-11-21-17(12-20-16)22-14-7-5-6-13(19)10-14/h2-12H,1H3,(H,21,22). The minimum Gasteiger partial charge on any atom is -0.339 e. The lowest BCUT2D eigenvalue weighted by Gasteiger charge is -2.16. The second-order valence-corrected chi connectivity index (χ2v) is 6.04. The second-order valence-electron chi connectivity index (χ2n) is 5.12. The third kappa shape index (κ3) is 3.78. The Balaban J connectivity index is 1.73. The van der Waals surface area contributed by atoms with Crippen LogP contribution in [-0.2, 0) is 0 Å². The summed E-state index contributed by atoms with van der Waals surface area (Å²) < 4.78 is 0.969. The Morgan fingerprint density at radius 1 is 1.04 bits per heavy atom. The van der Waals surface area contributed by atoms with E-state index in [1.807, 2.05) is 54.6 Å². The summed E-state index contributed by atoms with van der Waals surface area (Å²) in [5.74, 6) is 0.370. The van der Waals surface area contributed by atoms with E-state index in [2.05, 4.69) is 31.2 Å². The minimum absolute atomic E-state index is 0.206. The van der Waals surface area contributed by atoms with Gasteiger partial charge in [-0.05, 0) is 30.3 Å². The maximum absolute atomic E-state index is 12.5. The molecule has 0 radical (unpaired) electrons. The molecule has 0 atom stereocenters. The Morgan fingerprint density at radius 2 is 1.83 bits per heavy atom. The molecule has 6 heteroatoms. The van der Waals surface area contributed by atoms with Crippen molar-refractivity contribution in [3.05, 3.63) is 77.2 Å². The summed E-state index contributed by atoms with van der Waals surface area (Å²) in [5, 5.41) is 3.14. The van der Waals surface area contributed by atoms with Gasteiger partial charge in [0.15, 0.2) is 0 Å². The molecule has 0 aliphatic rings. The number of nitrogens with one attached hydrogen (secondary N) is 1. The zero-order valence-electron chi connectivity index (χ0n) is 13.0. The highest BCUT2D eigenvalue weighted by atomic mass is 79.9. The fourth-order valence-electron chi connectivity index (χ4n) is 2.16. The maximum Gasteiger partial charge on any atom is 0.278 e. The summed E-state index contributed by atoms with van der Waals surface area (Å²) in [6.07, 6.45) is 3.02. The van der Waals surface area contributed by atoms with Gasteiger partial charge in [0.05, 0.1) is 12.4 Å². The van der Waals surface area contributed by atoms with Crippen molar-refractivity contribution in [3.8, 4) is 0 Å². The minimum atomic E-state index is -0.206. The first-order chi connectivity index (χ1) is 11.6. The molecule has 0 saturated heterocycles. The van der Waals surface area contributed by atoms with Crippen molar-refractivity contribution in [1.29, 1.82) is 0 Å². The highest BCUT2D eigenvalue weighted by Gasteiger charge is 2.15. The first-order valence-corrected chi connectivity index (χ1v) is 8.10. The molecule has 120 valence electrons. The van der Waals surface area contributed by atoms with Gasteiger partial charge < -0.3 is 10.2 Å². The van der Waals surface area contributed by atoms with Crippen LogP contribution in [0.1, 0.15) is 10.5 Å². The number of carbonyl (C=O) groups is 1. The van der Waals surface area contributed by atoms with Crippen LogP contribution in [0.2, 0.25) is 0 Å². The van der Waals surface area contributed by atoms with E-state index in [-0.39, 0.29) is 5.91 Å². The predicted octanol–water partition coefficient (Wildman–Crippen LogP) is 4.26. The van der Waals surface area contributed by atoms with Crippen LogP contribution < -0.4 is 10.2 Å². The van der Waals surface area contributed by atoms with E-state index >= 15 is 0 Å². The third-order valence-corrected chi connectivity index (χ3v) is 3.91. The summed E-state index contributed by atoms with van der Waals surface area (Å²) in [4.78, 5) is 22.5. The molecule has 24 heavy (non-hydrogen) atoms. The van der Waals surface area contributed by atoms with Crippen LogP contribution in [0.5, 0.6) is 0 Å². The number of aromatic nitrogens is 2. The van der Waals surface area contributed by atoms with Gasteiger partial charge in [0, 0.05) is 22.9 Å². The smallest absolute Gasteiger partial charge is 0.278 e. The normalized spacial score (nSPS) is 10.2. The summed E-state index contributed by atoms with van der Waals surface area (Å²) in [6.45, 7) is 0. The Kier molecular flexibility index (Phi) is 4.86. The Bertz CT molecular complexity index is 837. The van der Waals surface area contributed by atoms with Crippen molar-refractivity contribution in [3.63, 3.8) is 0 Å². The Morgan fingerprint density at radius 3 is 2.50 bits per heavy atom. The van der Waals surface area contributed by atoms with E-state index in [0.717, 1.165) is 15.8 Å². The van der Waals surface area contributed by atoms with E-state index in [0.29, 0.717) is 11.5 Å². The van der Waals surface area contributed by atoms with E-state index < -0.39 is 0 Å². The van der Waals surface area contributed by atoms with Crippen molar-refractivity contribution in [2.24, 2.45) is 0 Å². The number of anilines is 3. The molecule has 1 N–H and O–H groups in total. The molecule has 0 unspecified atom stereocenters. The van der Waals surface area contributed by atoms with Crippen LogP contribution >= 0.6 is 15.9 Å². The molecule has 0 bridgehead atoms. The van der Waals surface area contributed by atoms with Crippen LogP contribution in [-0.4, -0.2) is 22.9 Å². The molecule has 1 amide bonds. The van der Waals surface area contributed by atoms with E-state index in [9.17, 15) is 4.79 Å². The molecule has 5 nitrogen and oxygen atoms in total. The lowest BCUT2D eigenvalue weighted by Crippen LogP contribution is -2.27. The lowest BCUT2D eigenvalue weighted by molar-refractivity contribution is 0.0988. The lowest BCUT2D eigenvalue weighted by atomic mass is 10.3. The number of hydrogen-bond acceptors (Lipinski definition) is 4. The molecule has 2 aromatic carbocycles. The van der Waals surface area contributed by atoms with Crippen molar-refractivity contribution >= 4 is 39.0 Å². The van der Waals surface area contributed by atoms with Gasteiger partial charge in [0.1, 0.15) is 11.5 Å². The number of para-hydroxylation sites is 1. The van der Waals surface area contributed by atoms with Crippen molar-refractivity contribution in [2.75, 3.05) is 17.3 Å². The molecule has 0 saturated carbocycles. The largest absolute Gasteiger partial charge is 0.339 e. The summed E-state index contributed by atoms with van der Waals surface area (Å²) >= 11 is 3.42. The van der Waals surface area contributed by atoms with Gasteiger partial charge in [-0.1, -0.05) is 40.2 Å². The van der Waals surface area contributed by atoms with Crippen LogP contribution in [0.4, 0.5) is 17.2 Å². The molecule has 3 aromatic rings. The predicted molar refractivity (Wildman–Crippen MR) is 98.6 cm³/mol. The summed E-state index contributed by atoms with van der Waals surface area (Å²) in [5.41, 5.74) is 1.99. The molecule has 0 fully saturated rings. The van der Waals surface area contributed by atoms with Gasteiger partial charge in [-0.3, -0.25) is 4.79 Å². The number of nitrogens with zero attached hydrogens (tertiary/aromatic N) is 3. The molecule has 0 aliphatic heterocycles. The average Bonchev–Trinajstić information content (AvgIpc) is 2.62. The monoisotopic (exact) mass is 382 g/mol. The zero-order chi connectivity index (χ0) is 16.9. The number of benzene rings is 2. The Labute approximate surface area is 148 Å². The molecule has 1 heterocycles. The number of carbonyl (C=O) groups excluding carboxylic acids is 1. The molecular formula is C18H15BrN4O. The van der Waals surface area contributed by atoms with Crippen LogP contribution in [0.3, 0.4) is 0 Å². The number of hydrogen-bond donors (Lipinski definition) is 1. The topological polar surface area (TPSA) is 58.1 Å². The van der Waals surface area contributed by atoms with Gasteiger partial charge in [0.2, 0.25) is 0 Å². The molecule has 0 aliphatic carbocycles. The number of amides is 1. The van der Waals surface area contributed by atoms with Gasteiger partial charge in [-0.2, -0.15) is 0 Å². The van der Waals surface area contributed by atoms with Crippen LogP contribution in [0.25, 0.3) is 0 Å². The first kappa shape index (κ1) is 16.1. The van der Waals surface area contributed by atoms with Crippen molar-refractivity contribution in [2.45, 2.75) is 0 Å². The van der Waals surface area contributed by atoms with E-state index in [1.165, 1.54) is 6.20 Å². The van der Waals surface area contributed by atoms with Crippen LogP contribution in [0, 0.1) is 0 Å². The summed E-state index contributed by atoms with van der Waals surface area (Å²) in [7, 11) is 1.72. The molecule has 3 rings (SSSR count). The van der Waals surface area contributed by atoms with Crippen molar-refractivity contribution in [1.82, 2.24) is 9.97 Å². The molecule has 1 aromatic heterocycles. The second kappa shape index (κ2) is 7.23. The fourth-order valence-corrected chi connectivity index (χ4v) is 2.56.